The summed E-state index contributed by atoms with van der Waals surface area (Å²) in [5.41, 5.74) is 3.67. The number of piperidine rings is 1. The Kier molecular flexibility index (Phi) is 4.53. The third kappa shape index (κ3) is 3.50. The third-order valence-corrected chi connectivity index (χ3v) is 7.76. The van der Waals surface area contributed by atoms with Crippen LogP contribution in [-0.4, -0.2) is 50.5 Å². The van der Waals surface area contributed by atoms with Crippen molar-refractivity contribution in [3.63, 3.8) is 0 Å². The molecule has 1 aliphatic carbocycles. The number of aromatic nitrogens is 3. The molecule has 2 aromatic rings. The van der Waals surface area contributed by atoms with Crippen molar-refractivity contribution >= 4 is 0 Å². The van der Waals surface area contributed by atoms with Crippen molar-refractivity contribution < 1.29 is 0 Å². The molecule has 0 bridgehead atoms. The van der Waals surface area contributed by atoms with Crippen molar-refractivity contribution in [3.05, 3.63) is 57.5 Å². The predicted molar refractivity (Wildman–Crippen MR) is 115 cm³/mol. The van der Waals surface area contributed by atoms with Crippen LogP contribution in [0.4, 0.5) is 0 Å². The quantitative estimate of drug-likeness (QED) is 0.781. The Morgan fingerprint density at radius 3 is 2.77 bits per heavy atom. The molecule has 30 heavy (non-hydrogen) atoms. The zero-order valence-electron chi connectivity index (χ0n) is 17.7. The summed E-state index contributed by atoms with van der Waals surface area (Å²) in [7, 11) is 0. The molecule has 158 valence electrons. The van der Waals surface area contributed by atoms with Crippen LogP contribution >= 0.6 is 0 Å². The van der Waals surface area contributed by atoms with Crippen LogP contribution in [0.2, 0.25) is 0 Å². The summed E-state index contributed by atoms with van der Waals surface area (Å²) >= 11 is 0. The van der Waals surface area contributed by atoms with Crippen LogP contribution < -0.4 is 5.56 Å². The molecule has 0 atom stereocenters. The summed E-state index contributed by atoms with van der Waals surface area (Å²) in [6, 6.07) is 4.08. The molecule has 5 heterocycles. The number of hydrogen-bond donors (Lipinski definition) is 0. The molecule has 2 fully saturated rings. The molecule has 1 spiro atoms. The number of rotatable bonds is 4. The Labute approximate surface area is 177 Å². The van der Waals surface area contributed by atoms with Crippen LogP contribution in [-0.2, 0) is 32.5 Å². The van der Waals surface area contributed by atoms with Gasteiger partial charge in [-0.1, -0.05) is 6.07 Å². The van der Waals surface area contributed by atoms with E-state index in [0.717, 1.165) is 55.5 Å². The van der Waals surface area contributed by atoms with Gasteiger partial charge in [-0.15, -0.1) is 0 Å². The minimum Gasteiger partial charge on any atom is -0.303 e. The van der Waals surface area contributed by atoms with Crippen molar-refractivity contribution in [1.29, 1.82) is 0 Å². The first-order chi connectivity index (χ1) is 14.7. The zero-order chi connectivity index (χ0) is 20.1. The fourth-order valence-corrected chi connectivity index (χ4v) is 5.74. The molecule has 6 heteroatoms. The van der Waals surface area contributed by atoms with Gasteiger partial charge in [0.2, 0.25) is 0 Å². The molecule has 1 saturated heterocycles. The first kappa shape index (κ1) is 18.7. The van der Waals surface area contributed by atoms with Crippen molar-refractivity contribution in [2.75, 3.05) is 26.2 Å². The van der Waals surface area contributed by atoms with Gasteiger partial charge in [0.15, 0.2) is 0 Å². The van der Waals surface area contributed by atoms with Gasteiger partial charge in [0.25, 0.3) is 5.56 Å². The lowest BCUT2D eigenvalue weighted by molar-refractivity contribution is 0.0994. The molecule has 6 rings (SSSR count). The minimum absolute atomic E-state index is 0.225. The number of fused-ring (bicyclic) bond motifs is 2. The van der Waals surface area contributed by atoms with Gasteiger partial charge in [-0.3, -0.25) is 19.2 Å². The SMILES string of the molecule is O=c1c2c(nc3n1CC1(CCN(CC4CC4)CC1)C3)CCN(Cc1cccnc1)C2. The summed E-state index contributed by atoms with van der Waals surface area (Å²) in [6.07, 6.45) is 10.9. The monoisotopic (exact) mass is 405 g/mol. The molecule has 0 amide bonds. The molecule has 4 aliphatic rings. The van der Waals surface area contributed by atoms with Gasteiger partial charge >= 0.3 is 0 Å². The summed E-state index contributed by atoms with van der Waals surface area (Å²) in [4.78, 5) is 27.7. The molecule has 0 N–H and O–H groups in total. The molecule has 6 nitrogen and oxygen atoms in total. The smallest absolute Gasteiger partial charge is 0.258 e. The topological polar surface area (TPSA) is 54.3 Å². The van der Waals surface area contributed by atoms with E-state index in [9.17, 15) is 4.79 Å². The van der Waals surface area contributed by atoms with Crippen molar-refractivity contribution in [1.82, 2.24) is 24.3 Å². The lowest BCUT2D eigenvalue weighted by Gasteiger charge is -2.38. The summed E-state index contributed by atoms with van der Waals surface area (Å²) in [5.74, 6) is 2.01. The highest BCUT2D eigenvalue weighted by molar-refractivity contribution is 5.24. The second-order valence-corrected chi connectivity index (χ2v) is 10.1. The van der Waals surface area contributed by atoms with Crippen LogP contribution in [0.15, 0.2) is 29.3 Å². The highest BCUT2D eigenvalue weighted by Gasteiger charge is 2.42. The number of hydrogen-bond acceptors (Lipinski definition) is 5. The highest BCUT2D eigenvalue weighted by atomic mass is 16.1. The van der Waals surface area contributed by atoms with Crippen molar-refractivity contribution in [2.45, 2.75) is 58.2 Å². The van der Waals surface area contributed by atoms with Crippen LogP contribution in [0.25, 0.3) is 0 Å². The van der Waals surface area contributed by atoms with Crippen molar-refractivity contribution in [2.24, 2.45) is 11.3 Å². The van der Waals surface area contributed by atoms with E-state index in [0.29, 0.717) is 6.54 Å². The fourth-order valence-electron chi connectivity index (χ4n) is 5.74. The summed E-state index contributed by atoms with van der Waals surface area (Å²) < 4.78 is 2.03. The Morgan fingerprint density at radius 1 is 1.13 bits per heavy atom. The Balaban J connectivity index is 1.18. The van der Waals surface area contributed by atoms with E-state index in [-0.39, 0.29) is 11.0 Å². The van der Waals surface area contributed by atoms with Gasteiger partial charge < -0.3 is 4.90 Å². The minimum atomic E-state index is 0.225. The second-order valence-electron chi connectivity index (χ2n) is 10.1. The average Bonchev–Trinajstić information content (AvgIpc) is 3.51. The summed E-state index contributed by atoms with van der Waals surface area (Å²) in [5, 5.41) is 0. The Bertz CT molecular complexity index is 989. The summed E-state index contributed by atoms with van der Waals surface area (Å²) in [6.45, 7) is 7.06. The van der Waals surface area contributed by atoms with E-state index in [1.165, 1.54) is 50.9 Å². The number of nitrogens with zero attached hydrogens (tertiary/aromatic N) is 5. The average molecular weight is 406 g/mol. The maximum Gasteiger partial charge on any atom is 0.258 e. The maximum atomic E-state index is 13.4. The van der Waals surface area contributed by atoms with Crippen molar-refractivity contribution in [3.8, 4) is 0 Å². The normalized spacial score (nSPS) is 23.5. The van der Waals surface area contributed by atoms with Gasteiger partial charge in [-0.2, -0.15) is 0 Å². The lowest BCUT2D eigenvalue weighted by atomic mass is 9.77. The van der Waals surface area contributed by atoms with E-state index in [2.05, 4.69) is 20.9 Å². The van der Waals surface area contributed by atoms with Crippen LogP contribution in [0.3, 0.4) is 0 Å². The highest BCUT2D eigenvalue weighted by Crippen LogP contribution is 2.41. The first-order valence-corrected chi connectivity index (χ1v) is 11.6. The van der Waals surface area contributed by atoms with Gasteiger partial charge in [0.05, 0.1) is 11.3 Å². The Hall–Kier alpha value is -2.05. The van der Waals surface area contributed by atoms with E-state index >= 15 is 0 Å². The van der Waals surface area contributed by atoms with Crippen LogP contribution in [0, 0.1) is 11.3 Å². The molecular formula is C24H31N5O. The van der Waals surface area contributed by atoms with E-state index in [1.807, 2.05) is 16.8 Å². The van der Waals surface area contributed by atoms with E-state index < -0.39 is 0 Å². The molecule has 0 radical (unpaired) electrons. The van der Waals surface area contributed by atoms with E-state index in [4.69, 9.17) is 4.98 Å². The molecular weight excluding hydrogens is 374 g/mol. The first-order valence-electron chi connectivity index (χ1n) is 11.6. The maximum absolute atomic E-state index is 13.4. The molecule has 0 unspecified atom stereocenters. The molecule has 0 aromatic carbocycles. The fraction of sp³-hybridized carbons (Fsp3) is 0.625. The standard InChI is InChI=1S/C24H31N5O/c30-23-20-16-28(15-19-2-1-8-25-13-19)9-5-21(20)26-22-12-24(17-29(22)23)6-10-27(11-7-24)14-18-3-4-18/h1-2,8,13,18H,3-7,9-12,14-17H2. The molecule has 3 aliphatic heterocycles. The zero-order valence-corrected chi connectivity index (χ0v) is 17.7. The molecule has 1 saturated carbocycles. The van der Waals surface area contributed by atoms with Gasteiger partial charge in [-0.25, -0.2) is 4.98 Å². The van der Waals surface area contributed by atoms with Gasteiger partial charge in [-0.05, 0) is 61.7 Å². The molecule has 2 aromatic heterocycles. The second kappa shape index (κ2) is 7.27. The van der Waals surface area contributed by atoms with Crippen LogP contribution in [0.5, 0.6) is 0 Å². The van der Waals surface area contributed by atoms with E-state index in [1.54, 1.807) is 6.20 Å². The van der Waals surface area contributed by atoms with Crippen LogP contribution in [0.1, 0.15) is 48.3 Å². The third-order valence-electron chi connectivity index (χ3n) is 7.76. The predicted octanol–water partition coefficient (Wildman–Crippen LogP) is 2.24. The Morgan fingerprint density at radius 2 is 2.00 bits per heavy atom. The number of likely N-dealkylation sites (tertiary alicyclic amines) is 1. The number of pyridine rings is 1. The van der Waals surface area contributed by atoms with Gasteiger partial charge in [0.1, 0.15) is 5.82 Å². The lowest BCUT2D eigenvalue weighted by Crippen LogP contribution is -2.42. The van der Waals surface area contributed by atoms with Gasteiger partial charge in [0, 0.05) is 58.0 Å². The largest absolute Gasteiger partial charge is 0.303 e.